The number of nitrogens with zero attached hydrogens (tertiary/aromatic N) is 1. The molecule has 0 bridgehead atoms. The van der Waals surface area contributed by atoms with E-state index in [1.54, 1.807) is 13.3 Å². The molecule has 0 fully saturated rings. The van der Waals surface area contributed by atoms with Crippen molar-refractivity contribution in [1.82, 2.24) is 4.98 Å². The zero-order valence-corrected chi connectivity index (χ0v) is 6.93. The van der Waals surface area contributed by atoms with Gasteiger partial charge in [-0.25, -0.2) is 0 Å². The van der Waals surface area contributed by atoms with Gasteiger partial charge in [-0.2, -0.15) is 4.98 Å². The molecule has 0 aliphatic heterocycles. The molecule has 1 rings (SSSR count). The fourth-order valence-electron chi connectivity index (χ4n) is 0.469. The fourth-order valence-corrected chi connectivity index (χ4v) is 0.469. The maximum Gasteiger partial charge on any atom is 0.294 e. The highest BCUT2D eigenvalue weighted by molar-refractivity contribution is 5.18. The molecule has 0 radical (unpaired) electrons. The third-order valence-corrected chi connectivity index (χ3v) is 0.833. The summed E-state index contributed by atoms with van der Waals surface area (Å²) in [5.41, 5.74) is 0.898. The summed E-state index contributed by atoms with van der Waals surface area (Å²) in [7, 11) is 1.77. The van der Waals surface area contributed by atoms with Crippen LogP contribution < -0.4 is 5.32 Å². The molecule has 0 unspecified atom stereocenters. The Morgan fingerprint density at radius 2 is 2.10 bits per heavy atom. The highest BCUT2D eigenvalue weighted by Gasteiger charge is 1.92. The average molecular weight is 142 g/mol. The normalized spacial score (nSPS) is 8.00. The van der Waals surface area contributed by atoms with E-state index in [1.807, 2.05) is 20.8 Å². The molecule has 0 aliphatic carbocycles. The molecule has 3 heteroatoms. The summed E-state index contributed by atoms with van der Waals surface area (Å²) < 4.78 is 4.89. The largest absolute Gasteiger partial charge is 0.432 e. The molecule has 0 saturated carbocycles. The first-order valence-electron chi connectivity index (χ1n) is 3.43. The van der Waals surface area contributed by atoms with E-state index in [2.05, 4.69) is 10.3 Å². The number of nitrogens with one attached hydrogen (secondary N) is 1. The van der Waals surface area contributed by atoms with Crippen molar-refractivity contribution >= 4 is 6.01 Å². The highest BCUT2D eigenvalue weighted by Crippen LogP contribution is 2.03. The lowest BCUT2D eigenvalue weighted by atomic mass is 10.6. The molecule has 1 aromatic heterocycles. The number of hydrogen-bond acceptors (Lipinski definition) is 3. The zero-order valence-electron chi connectivity index (χ0n) is 6.93. The van der Waals surface area contributed by atoms with Crippen LogP contribution in [-0.2, 0) is 0 Å². The standard InChI is InChI=1S/C5H8N2O.C2H6/c1-4-3-8-5(6-2)7-4;1-2/h3H,1-2H3,(H,6,7);1-2H3. The molecule has 1 heterocycles. The van der Waals surface area contributed by atoms with E-state index in [0.29, 0.717) is 6.01 Å². The molecule has 10 heavy (non-hydrogen) atoms. The summed E-state index contributed by atoms with van der Waals surface area (Å²) in [5.74, 6) is 0. The van der Waals surface area contributed by atoms with Gasteiger partial charge in [-0.1, -0.05) is 13.8 Å². The molecule has 1 N–H and O–H groups in total. The van der Waals surface area contributed by atoms with E-state index in [-0.39, 0.29) is 0 Å². The molecular weight excluding hydrogens is 128 g/mol. The van der Waals surface area contributed by atoms with Crippen LogP contribution in [0.25, 0.3) is 0 Å². The van der Waals surface area contributed by atoms with E-state index in [1.165, 1.54) is 0 Å². The number of hydrogen-bond donors (Lipinski definition) is 1. The molecule has 0 atom stereocenters. The average Bonchev–Trinajstić information content (AvgIpc) is 2.40. The van der Waals surface area contributed by atoms with Crippen LogP contribution >= 0.6 is 0 Å². The van der Waals surface area contributed by atoms with Gasteiger partial charge in [0.2, 0.25) is 0 Å². The Bertz CT molecular complexity index is 172. The summed E-state index contributed by atoms with van der Waals surface area (Å²) in [6, 6.07) is 0.572. The Labute approximate surface area is 61.5 Å². The summed E-state index contributed by atoms with van der Waals surface area (Å²) in [6.07, 6.45) is 1.60. The second kappa shape index (κ2) is 4.85. The van der Waals surface area contributed by atoms with Crippen LogP contribution in [0.5, 0.6) is 0 Å². The van der Waals surface area contributed by atoms with Gasteiger partial charge in [0.1, 0.15) is 6.26 Å². The van der Waals surface area contributed by atoms with Crippen LogP contribution in [0, 0.1) is 6.92 Å². The molecule has 1 aromatic rings. The molecule has 0 spiro atoms. The summed E-state index contributed by atoms with van der Waals surface area (Å²) in [6.45, 7) is 5.88. The van der Waals surface area contributed by atoms with E-state index in [4.69, 9.17) is 4.42 Å². The van der Waals surface area contributed by atoms with Gasteiger partial charge < -0.3 is 9.73 Å². The van der Waals surface area contributed by atoms with Crippen molar-refractivity contribution in [2.75, 3.05) is 12.4 Å². The van der Waals surface area contributed by atoms with Crippen LogP contribution in [0.1, 0.15) is 19.5 Å². The minimum absolute atomic E-state index is 0.572. The summed E-state index contributed by atoms with van der Waals surface area (Å²) >= 11 is 0. The molecule has 0 aromatic carbocycles. The Hall–Kier alpha value is -0.990. The molecule has 3 nitrogen and oxygen atoms in total. The summed E-state index contributed by atoms with van der Waals surface area (Å²) in [4.78, 5) is 3.95. The number of oxazole rings is 1. The Balaban J connectivity index is 0.000000371. The molecule has 0 saturated heterocycles. The van der Waals surface area contributed by atoms with Crippen molar-refractivity contribution in [3.8, 4) is 0 Å². The lowest BCUT2D eigenvalue weighted by Crippen LogP contribution is -1.85. The van der Waals surface area contributed by atoms with Gasteiger partial charge >= 0.3 is 0 Å². The van der Waals surface area contributed by atoms with Crippen LogP contribution in [0.2, 0.25) is 0 Å². The first kappa shape index (κ1) is 9.01. The van der Waals surface area contributed by atoms with Gasteiger partial charge in [0.25, 0.3) is 6.01 Å². The number of aromatic nitrogens is 1. The van der Waals surface area contributed by atoms with Gasteiger partial charge in [0.15, 0.2) is 0 Å². The van der Waals surface area contributed by atoms with E-state index < -0.39 is 0 Å². The minimum atomic E-state index is 0.572. The predicted molar refractivity (Wildman–Crippen MR) is 42.1 cm³/mol. The first-order valence-corrected chi connectivity index (χ1v) is 3.43. The number of aryl methyl sites for hydroxylation is 1. The molecule has 0 aliphatic rings. The van der Waals surface area contributed by atoms with E-state index in [0.717, 1.165) is 5.69 Å². The van der Waals surface area contributed by atoms with Crippen LogP contribution in [0.4, 0.5) is 6.01 Å². The topological polar surface area (TPSA) is 38.1 Å². The lowest BCUT2D eigenvalue weighted by Gasteiger charge is -1.83. The monoisotopic (exact) mass is 142 g/mol. The van der Waals surface area contributed by atoms with Gasteiger partial charge in [-0.05, 0) is 6.92 Å². The van der Waals surface area contributed by atoms with Crippen LogP contribution in [0.15, 0.2) is 10.7 Å². The quantitative estimate of drug-likeness (QED) is 0.652. The first-order chi connectivity index (χ1) is 4.83. The van der Waals surface area contributed by atoms with E-state index >= 15 is 0 Å². The fraction of sp³-hybridized carbons (Fsp3) is 0.571. The molecule has 58 valence electrons. The van der Waals surface area contributed by atoms with Gasteiger partial charge in [-0.3, -0.25) is 0 Å². The number of rotatable bonds is 1. The van der Waals surface area contributed by atoms with Crippen molar-refractivity contribution in [2.24, 2.45) is 0 Å². The third-order valence-electron chi connectivity index (χ3n) is 0.833. The van der Waals surface area contributed by atoms with Crippen molar-refractivity contribution < 1.29 is 4.42 Å². The second-order valence-electron chi connectivity index (χ2n) is 1.54. The molecule has 0 amide bonds. The van der Waals surface area contributed by atoms with Crippen molar-refractivity contribution in [3.63, 3.8) is 0 Å². The SMILES string of the molecule is CC.CNc1nc(C)co1. The Kier molecular flexibility index (Phi) is 4.37. The lowest BCUT2D eigenvalue weighted by molar-refractivity contribution is 0.574. The zero-order chi connectivity index (χ0) is 7.98. The van der Waals surface area contributed by atoms with Gasteiger partial charge in [0, 0.05) is 7.05 Å². The van der Waals surface area contributed by atoms with Crippen molar-refractivity contribution in [1.29, 1.82) is 0 Å². The van der Waals surface area contributed by atoms with Crippen molar-refractivity contribution in [2.45, 2.75) is 20.8 Å². The van der Waals surface area contributed by atoms with Gasteiger partial charge in [-0.15, -0.1) is 0 Å². The second-order valence-corrected chi connectivity index (χ2v) is 1.54. The minimum Gasteiger partial charge on any atom is -0.432 e. The third kappa shape index (κ3) is 2.53. The Morgan fingerprint density at radius 1 is 1.50 bits per heavy atom. The number of anilines is 1. The maximum absolute atomic E-state index is 4.89. The summed E-state index contributed by atoms with van der Waals surface area (Å²) in [5, 5.41) is 2.77. The van der Waals surface area contributed by atoms with E-state index in [9.17, 15) is 0 Å². The van der Waals surface area contributed by atoms with Crippen LogP contribution in [-0.4, -0.2) is 12.0 Å². The van der Waals surface area contributed by atoms with Crippen LogP contribution in [0.3, 0.4) is 0 Å². The highest BCUT2D eigenvalue weighted by atomic mass is 16.4. The van der Waals surface area contributed by atoms with Crippen molar-refractivity contribution in [3.05, 3.63) is 12.0 Å². The smallest absolute Gasteiger partial charge is 0.294 e. The predicted octanol–water partition coefficient (Wildman–Crippen LogP) is 2.05. The molecular formula is C7H14N2O. The Morgan fingerprint density at radius 3 is 2.30 bits per heavy atom. The maximum atomic E-state index is 4.89. The van der Waals surface area contributed by atoms with Gasteiger partial charge in [0.05, 0.1) is 5.69 Å².